The average molecular weight is 252 g/mol. The zero-order valence-corrected chi connectivity index (χ0v) is 11.8. The molecule has 0 aromatic carbocycles. The normalized spacial score (nSPS) is 32.1. The molecular formula is C14H24N2O2. The van der Waals surface area contributed by atoms with Gasteiger partial charge < -0.3 is 10.2 Å². The number of nitrogens with one attached hydrogen (secondary N) is 1. The number of rotatable bonds is 4. The predicted octanol–water partition coefficient (Wildman–Crippen LogP) is 1.55. The van der Waals surface area contributed by atoms with E-state index in [1.165, 1.54) is 12.8 Å². The van der Waals surface area contributed by atoms with Crippen LogP contribution < -0.4 is 5.32 Å². The number of hydrogen-bond donors (Lipinski definition) is 1. The quantitative estimate of drug-likeness (QED) is 0.825. The number of carbonyl (C=O) groups excluding carboxylic acids is 2. The molecular weight excluding hydrogens is 228 g/mol. The highest BCUT2D eigenvalue weighted by molar-refractivity contribution is 5.96. The van der Waals surface area contributed by atoms with E-state index in [1.54, 1.807) is 4.90 Å². The molecule has 3 unspecified atom stereocenters. The summed E-state index contributed by atoms with van der Waals surface area (Å²) in [5.74, 6) is 0.289. The first-order chi connectivity index (χ1) is 8.38. The Bertz CT molecular complexity index is 363. The van der Waals surface area contributed by atoms with Gasteiger partial charge in [-0.2, -0.15) is 0 Å². The fourth-order valence-electron chi connectivity index (χ4n) is 2.47. The van der Waals surface area contributed by atoms with E-state index in [2.05, 4.69) is 19.2 Å². The van der Waals surface area contributed by atoms with Crippen molar-refractivity contribution in [3.05, 3.63) is 0 Å². The molecule has 0 spiro atoms. The lowest BCUT2D eigenvalue weighted by molar-refractivity contribution is -0.151. The summed E-state index contributed by atoms with van der Waals surface area (Å²) in [6, 6.07) is -0.656. The number of piperazine rings is 1. The number of hydrogen-bond acceptors (Lipinski definition) is 2. The Morgan fingerprint density at radius 1 is 1.44 bits per heavy atom. The molecule has 102 valence electrons. The first-order valence-electron chi connectivity index (χ1n) is 6.99. The Balaban J connectivity index is 2.14. The smallest absolute Gasteiger partial charge is 0.246 e. The molecule has 2 aliphatic rings. The van der Waals surface area contributed by atoms with Crippen molar-refractivity contribution < 1.29 is 9.59 Å². The number of carbonyl (C=O) groups is 2. The molecule has 1 heterocycles. The van der Waals surface area contributed by atoms with Gasteiger partial charge in [0.05, 0.1) is 0 Å². The fourth-order valence-corrected chi connectivity index (χ4v) is 2.47. The lowest BCUT2D eigenvalue weighted by atomic mass is 9.93. The topological polar surface area (TPSA) is 49.4 Å². The molecule has 4 heteroatoms. The molecule has 1 aliphatic heterocycles. The first kappa shape index (κ1) is 13.4. The van der Waals surface area contributed by atoms with E-state index >= 15 is 0 Å². The molecule has 1 N–H and O–H groups in total. The fraction of sp³-hybridized carbons (Fsp3) is 0.857. The summed E-state index contributed by atoms with van der Waals surface area (Å²) in [6.07, 6.45) is 3.23. The van der Waals surface area contributed by atoms with Gasteiger partial charge in [0.15, 0.2) is 0 Å². The molecule has 1 saturated heterocycles. The first-order valence-corrected chi connectivity index (χ1v) is 6.99. The molecule has 2 amide bonds. The van der Waals surface area contributed by atoms with Crippen LogP contribution in [0, 0.1) is 11.3 Å². The average Bonchev–Trinajstić information content (AvgIpc) is 3.07. The van der Waals surface area contributed by atoms with Gasteiger partial charge in [-0.1, -0.05) is 27.2 Å². The minimum atomic E-state index is -0.332. The van der Waals surface area contributed by atoms with E-state index in [4.69, 9.17) is 0 Å². The third-order valence-electron chi connectivity index (χ3n) is 4.56. The van der Waals surface area contributed by atoms with Crippen LogP contribution in [-0.4, -0.2) is 35.3 Å². The standard InChI is InChI=1S/C14H24N2O2/c1-5-9(2)11-13(18)16(8-14(4)6-7-14)10(3)12(17)15-11/h9-11H,5-8H2,1-4H3,(H,15,17). The summed E-state index contributed by atoms with van der Waals surface area (Å²) in [5.41, 5.74) is 0.252. The Labute approximate surface area is 109 Å². The maximum Gasteiger partial charge on any atom is 0.246 e. The van der Waals surface area contributed by atoms with E-state index < -0.39 is 0 Å². The summed E-state index contributed by atoms with van der Waals surface area (Å²) < 4.78 is 0. The van der Waals surface area contributed by atoms with Crippen molar-refractivity contribution in [2.45, 2.75) is 59.0 Å². The van der Waals surface area contributed by atoms with Crippen molar-refractivity contribution in [2.24, 2.45) is 11.3 Å². The van der Waals surface area contributed by atoms with Crippen LogP contribution in [0.3, 0.4) is 0 Å². The second-order valence-corrected chi connectivity index (χ2v) is 6.32. The van der Waals surface area contributed by atoms with E-state index in [1.807, 2.05) is 13.8 Å². The zero-order chi connectivity index (χ0) is 13.5. The third kappa shape index (κ3) is 2.38. The minimum absolute atomic E-state index is 0.0100. The molecule has 0 aromatic rings. The summed E-state index contributed by atoms with van der Waals surface area (Å²) in [4.78, 5) is 26.3. The molecule has 1 aliphatic carbocycles. The Morgan fingerprint density at radius 3 is 2.56 bits per heavy atom. The Morgan fingerprint density at radius 2 is 2.06 bits per heavy atom. The summed E-state index contributed by atoms with van der Waals surface area (Å²) >= 11 is 0. The van der Waals surface area contributed by atoms with Gasteiger partial charge in [-0.15, -0.1) is 0 Å². The van der Waals surface area contributed by atoms with E-state index in [0.717, 1.165) is 13.0 Å². The molecule has 18 heavy (non-hydrogen) atoms. The summed E-state index contributed by atoms with van der Waals surface area (Å²) in [6.45, 7) is 8.82. The Hall–Kier alpha value is -1.06. The number of nitrogens with zero attached hydrogens (tertiary/aromatic N) is 1. The second-order valence-electron chi connectivity index (χ2n) is 6.32. The van der Waals surface area contributed by atoms with Crippen LogP contribution in [0.25, 0.3) is 0 Å². The van der Waals surface area contributed by atoms with Crippen LogP contribution >= 0.6 is 0 Å². The van der Waals surface area contributed by atoms with Crippen LogP contribution in [-0.2, 0) is 9.59 Å². The zero-order valence-electron chi connectivity index (χ0n) is 11.8. The van der Waals surface area contributed by atoms with Gasteiger partial charge in [-0.3, -0.25) is 9.59 Å². The van der Waals surface area contributed by atoms with Crippen LogP contribution in [0.4, 0.5) is 0 Å². The van der Waals surface area contributed by atoms with Gasteiger partial charge in [0, 0.05) is 6.54 Å². The maximum atomic E-state index is 12.5. The van der Waals surface area contributed by atoms with E-state index in [9.17, 15) is 9.59 Å². The lowest BCUT2D eigenvalue weighted by Gasteiger charge is -2.40. The summed E-state index contributed by atoms with van der Waals surface area (Å²) in [7, 11) is 0. The maximum absolute atomic E-state index is 12.5. The van der Waals surface area contributed by atoms with Crippen LogP contribution in [0.1, 0.15) is 47.0 Å². The molecule has 0 bridgehead atoms. The third-order valence-corrected chi connectivity index (χ3v) is 4.56. The molecule has 0 radical (unpaired) electrons. The monoisotopic (exact) mass is 252 g/mol. The predicted molar refractivity (Wildman–Crippen MR) is 69.9 cm³/mol. The van der Waals surface area contributed by atoms with Crippen LogP contribution in [0.5, 0.6) is 0 Å². The van der Waals surface area contributed by atoms with Crippen LogP contribution in [0.2, 0.25) is 0 Å². The van der Waals surface area contributed by atoms with Gasteiger partial charge in [0.25, 0.3) is 0 Å². The van der Waals surface area contributed by atoms with Crippen molar-refractivity contribution in [2.75, 3.05) is 6.54 Å². The van der Waals surface area contributed by atoms with Crippen molar-refractivity contribution in [3.63, 3.8) is 0 Å². The minimum Gasteiger partial charge on any atom is -0.342 e. The molecule has 3 atom stereocenters. The van der Waals surface area contributed by atoms with Crippen molar-refractivity contribution in [3.8, 4) is 0 Å². The van der Waals surface area contributed by atoms with Crippen molar-refractivity contribution in [1.82, 2.24) is 10.2 Å². The highest BCUT2D eigenvalue weighted by Gasteiger charge is 2.46. The van der Waals surface area contributed by atoms with Crippen molar-refractivity contribution >= 4 is 11.8 Å². The molecule has 2 fully saturated rings. The molecule has 2 rings (SSSR count). The molecule has 0 aromatic heterocycles. The lowest BCUT2D eigenvalue weighted by Crippen LogP contribution is -2.64. The van der Waals surface area contributed by atoms with Gasteiger partial charge in [-0.25, -0.2) is 0 Å². The van der Waals surface area contributed by atoms with E-state index in [0.29, 0.717) is 0 Å². The Kier molecular flexibility index (Phi) is 3.39. The SMILES string of the molecule is CCC(C)C1NC(=O)C(C)N(CC2(C)CC2)C1=O. The van der Waals surface area contributed by atoms with Crippen LogP contribution in [0.15, 0.2) is 0 Å². The highest BCUT2D eigenvalue weighted by atomic mass is 16.2. The van der Waals surface area contributed by atoms with Gasteiger partial charge in [-0.05, 0) is 31.1 Å². The number of amides is 2. The second kappa shape index (κ2) is 4.56. The molecule has 4 nitrogen and oxygen atoms in total. The summed E-state index contributed by atoms with van der Waals surface area (Å²) in [5, 5.41) is 2.87. The van der Waals surface area contributed by atoms with Gasteiger partial charge >= 0.3 is 0 Å². The van der Waals surface area contributed by atoms with E-state index in [-0.39, 0.29) is 35.2 Å². The van der Waals surface area contributed by atoms with Gasteiger partial charge in [0.2, 0.25) is 11.8 Å². The molecule has 1 saturated carbocycles. The van der Waals surface area contributed by atoms with Crippen molar-refractivity contribution in [1.29, 1.82) is 0 Å². The largest absolute Gasteiger partial charge is 0.342 e. The van der Waals surface area contributed by atoms with Gasteiger partial charge in [0.1, 0.15) is 12.1 Å². The highest BCUT2D eigenvalue weighted by Crippen LogP contribution is 2.46.